The van der Waals surface area contributed by atoms with Gasteiger partial charge in [-0.15, -0.1) is 11.8 Å². The number of fused-ring (bicyclic) bond motifs is 1. The van der Waals surface area contributed by atoms with Crippen LogP contribution < -0.4 is 4.72 Å². The molecular weight excluding hydrogens is 370 g/mol. The minimum absolute atomic E-state index is 0.167. The van der Waals surface area contributed by atoms with Gasteiger partial charge in [-0.05, 0) is 51.9 Å². The Hall–Kier alpha value is -0.820. The van der Waals surface area contributed by atoms with Crippen molar-refractivity contribution in [3.8, 4) is 0 Å². The Labute approximate surface area is 137 Å². The maximum Gasteiger partial charge on any atom is 0.242 e. The highest BCUT2D eigenvalue weighted by molar-refractivity contribution is 9.10. The van der Waals surface area contributed by atoms with E-state index in [0.717, 1.165) is 22.6 Å². The van der Waals surface area contributed by atoms with Gasteiger partial charge in [0.2, 0.25) is 10.0 Å². The quantitative estimate of drug-likeness (QED) is 0.871. The molecule has 0 saturated carbocycles. The van der Waals surface area contributed by atoms with Crippen LogP contribution in [0.3, 0.4) is 0 Å². The van der Waals surface area contributed by atoms with E-state index in [1.807, 2.05) is 24.3 Å². The molecule has 1 atom stereocenters. The first-order valence-electron chi connectivity index (χ1n) is 6.56. The molecule has 0 amide bonds. The fourth-order valence-electron chi connectivity index (χ4n) is 2.38. The van der Waals surface area contributed by atoms with E-state index < -0.39 is 10.0 Å². The van der Waals surface area contributed by atoms with Crippen molar-refractivity contribution in [3.05, 3.63) is 58.6 Å². The lowest BCUT2D eigenvalue weighted by Gasteiger charge is -2.25. The van der Waals surface area contributed by atoms with Crippen LogP contribution in [0, 0.1) is 0 Å². The Morgan fingerprint density at radius 3 is 2.62 bits per heavy atom. The highest BCUT2D eigenvalue weighted by atomic mass is 79.9. The summed E-state index contributed by atoms with van der Waals surface area (Å²) in [4.78, 5) is 1.43. The molecule has 110 valence electrons. The van der Waals surface area contributed by atoms with E-state index in [1.54, 1.807) is 36.0 Å². The van der Waals surface area contributed by atoms with Crippen molar-refractivity contribution in [2.24, 2.45) is 0 Å². The van der Waals surface area contributed by atoms with Gasteiger partial charge in [-0.3, -0.25) is 0 Å². The summed E-state index contributed by atoms with van der Waals surface area (Å²) in [6.45, 7) is 0. The molecule has 2 aromatic carbocycles. The summed E-state index contributed by atoms with van der Waals surface area (Å²) in [5, 5.41) is 0. The van der Waals surface area contributed by atoms with E-state index in [2.05, 4.69) is 20.7 Å². The van der Waals surface area contributed by atoms with Crippen LogP contribution in [0.1, 0.15) is 18.0 Å². The number of hydrogen-bond donors (Lipinski definition) is 1. The lowest BCUT2D eigenvalue weighted by Crippen LogP contribution is -2.30. The van der Waals surface area contributed by atoms with Gasteiger partial charge in [-0.25, -0.2) is 13.1 Å². The fourth-order valence-corrected chi connectivity index (χ4v) is 5.76. The second kappa shape index (κ2) is 6.12. The summed E-state index contributed by atoms with van der Waals surface area (Å²) >= 11 is 5.08. The zero-order chi connectivity index (χ0) is 14.9. The second-order valence-corrected chi connectivity index (χ2v) is 8.45. The number of thioether (sulfide) groups is 1. The lowest BCUT2D eigenvalue weighted by molar-refractivity contribution is 0.545. The third kappa shape index (κ3) is 3.18. The molecule has 0 aromatic heterocycles. The van der Waals surface area contributed by atoms with Gasteiger partial charge in [0.1, 0.15) is 0 Å². The largest absolute Gasteiger partial charge is 0.242 e. The molecule has 6 heteroatoms. The van der Waals surface area contributed by atoms with Crippen molar-refractivity contribution in [1.29, 1.82) is 0 Å². The number of nitrogens with one attached hydrogen (secondary N) is 1. The van der Waals surface area contributed by atoms with E-state index in [-0.39, 0.29) is 10.9 Å². The average molecular weight is 384 g/mol. The molecular formula is C15H14BrNO2S2. The Balaban J connectivity index is 1.93. The highest BCUT2D eigenvalue weighted by Crippen LogP contribution is 2.36. The summed E-state index contributed by atoms with van der Waals surface area (Å²) in [6.07, 6.45) is 0.797. The Kier molecular flexibility index (Phi) is 4.40. The van der Waals surface area contributed by atoms with Crippen molar-refractivity contribution >= 4 is 37.7 Å². The van der Waals surface area contributed by atoms with Gasteiger partial charge in [0.25, 0.3) is 0 Å². The maximum atomic E-state index is 12.6. The summed E-state index contributed by atoms with van der Waals surface area (Å²) in [7, 11) is -3.54. The van der Waals surface area contributed by atoms with Crippen LogP contribution >= 0.6 is 27.7 Å². The summed E-state index contributed by atoms with van der Waals surface area (Å²) in [5.41, 5.74) is 1.06. The van der Waals surface area contributed by atoms with Crippen LogP contribution in [-0.2, 0) is 10.0 Å². The number of hydrogen-bond acceptors (Lipinski definition) is 3. The van der Waals surface area contributed by atoms with Gasteiger partial charge in [-0.1, -0.05) is 30.3 Å². The first-order valence-corrected chi connectivity index (χ1v) is 9.83. The zero-order valence-corrected chi connectivity index (χ0v) is 14.3. The van der Waals surface area contributed by atoms with Crippen molar-refractivity contribution in [2.75, 3.05) is 5.75 Å². The smallest absolute Gasteiger partial charge is 0.207 e. The summed E-state index contributed by atoms with van der Waals surface area (Å²) in [6, 6.07) is 14.7. The molecule has 0 radical (unpaired) electrons. The second-order valence-electron chi connectivity index (χ2n) is 4.78. The number of rotatable bonds is 3. The average Bonchev–Trinajstić information content (AvgIpc) is 2.47. The van der Waals surface area contributed by atoms with Crippen molar-refractivity contribution in [3.63, 3.8) is 0 Å². The van der Waals surface area contributed by atoms with Crippen LogP contribution in [0.4, 0.5) is 0 Å². The normalized spacial score (nSPS) is 18.2. The molecule has 2 aromatic rings. The van der Waals surface area contributed by atoms with Gasteiger partial charge in [0.05, 0.1) is 4.90 Å². The van der Waals surface area contributed by atoms with Crippen molar-refractivity contribution in [2.45, 2.75) is 22.3 Å². The predicted octanol–water partition coefficient (Wildman–Crippen LogP) is 3.96. The molecule has 3 nitrogen and oxygen atoms in total. The molecule has 0 fully saturated rings. The molecule has 0 unspecified atom stereocenters. The van der Waals surface area contributed by atoms with E-state index in [0.29, 0.717) is 4.47 Å². The number of benzene rings is 2. The molecule has 0 bridgehead atoms. The van der Waals surface area contributed by atoms with Crippen LogP contribution in [0.2, 0.25) is 0 Å². The van der Waals surface area contributed by atoms with Gasteiger partial charge in [0, 0.05) is 15.4 Å². The van der Waals surface area contributed by atoms with E-state index in [1.165, 1.54) is 0 Å². The van der Waals surface area contributed by atoms with Crippen LogP contribution in [0.5, 0.6) is 0 Å². The monoisotopic (exact) mass is 383 g/mol. The molecule has 1 aliphatic rings. The first-order chi connectivity index (χ1) is 10.1. The molecule has 0 spiro atoms. The molecule has 1 aliphatic heterocycles. The molecule has 0 saturated heterocycles. The van der Waals surface area contributed by atoms with E-state index >= 15 is 0 Å². The Bertz CT molecular complexity index is 762. The fraction of sp³-hybridized carbons (Fsp3) is 0.200. The minimum atomic E-state index is -3.54. The van der Waals surface area contributed by atoms with Gasteiger partial charge < -0.3 is 0 Å². The zero-order valence-electron chi connectivity index (χ0n) is 11.1. The van der Waals surface area contributed by atoms with Crippen molar-refractivity contribution in [1.82, 2.24) is 4.72 Å². The van der Waals surface area contributed by atoms with Crippen LogP contribution in [0.15, 0.2) is 62.8 Å². The van der Waals surface area contributed by atoms with Crippen molar-refractivity contribution < 1.29 is 8.42 Å². The summed E-state index contributed by atoms with van der Waals surface area (Å²) < 4.78 is 28.6. The SMILES string of the molecule is O=S(=O)(N[C@@H]1CCSc2ccccc21)c1ccccc1Br. The third-order valence-corrected chi connectivity index (χ3v) is 6.99. The Morgan fingerprint density at radius 1 is 1.10 bits per heavy atom. The maximum absolute atomic E-state index is 12.6. The third-order valence-electron chi connectivity index (χ3n) is 3.38. The van der Waals surface area contributed by atoms with Gasteiger partial charge in [-0.2, -0.15) is 0 Å². The van der Waals surface area contributed by atoms with E-state index in [4.69, 9.17) is 0 Å². The van der Waals surface area contributed by atoms with Gasteiger partial charge in [0.15, 0.2) is 0 Å². The molecule has 21 heavy (non-hydrogen) atoms. The number of halogens is 1. The standard InChI is InChI=1S/C15H14BrNO2S2/c16-12-6-2-4-8-15(12)21(18,19)17-13-9-10-20-14-7-3-1-5-11(13)14/h1-8,13,17H,9-10H2/t13-/m1/s1. The molecule has 1 heterocycles. The highest BCUT2D eigenvalue weighted by Gasteiger charge is 2.26. The minimum Gasteiger partial charge on any atom is -0.207 e. The summed E-state index contributed by atoms with van der Waals surface area (Å²) in [5.74, 6) is 0.917. The van der Waals surface area contributed by atoms with Crippen LogP contribution in [-0.4, -0.2) is 14.2 Å². The Morgan fingerprint density at radius 2 is 1.81 bits per heavy atom. The van der Waals surface area contributed by atoms with Gasteiger partial charge >= 0.3 is 0 Å². The van der Waals surface area contributed by atoms with E-state index in [9.17, 15) is 8.42 Å². The van der Waals surface area contributed by atoms with Crippen LogP contribution in [0.25, 0.3) is 0 Å². The molecule has 0 aliphatic carbocycles. The molecule has 1 N–H and O–H groups in total. The topological polar surface area (TPSA) is 46.2 Å². The number of sulfonamides is 1. The lowest BCUT2D eigenvalue weighted by atomic mass is 10.1. The predicted molar refractivity (Wildman–Crippen MR) is 89.0 cm³/mol. The first kappa shape index (κ1) is 15.1. The molecule has 3 rings (SSSR count).